The standard InChI is InChI=1S/C20H30N4O2/c25-18(17-5-2-1-3-6-17)23-11-7-20(8-12-23)15-24(13-14-26-16-20)19-21-9-4-10-22-19/h4,9-10,17H,1-3,5-8,11-16H2. The third kappa shape index (κ3) is 3.85. The summed E-state index contributed by atoms with van der Waals surface area (Å²) in [7, 11) is 0. The van der Waals surface area contributed by atoms with Gasteiger partial charge in [-0.05, 0) is 31.7 Å². The van der Waals surface area contributed by atoms with Crippen LogP contribution in [0.1, 0.15) is 44.9 Å². The Morgan fingerprint density at radius 1 is 1.08 bits per heavy atom. The van der Waals surface area contributed by atoms with Crippen molar-refractivity contribution >= 4 is 11.9 Å². The molecule has 1 aromatic rings. The molecular formula is C20H30N4O2. The van der Waals surface area contributed by atoms with Crippen LogP contribution in [0.5, 0.6) is 0 Å². The molecule has 2 saturated heterocycles. The van der Waals surface area contributed by atoms with Gasteiger partial charge in [0.25, 0.3) is 0 Å². The maximum atomic E-state index is 12.8. The maximum absolute atomic E-state index is 12.8. The molecule has 0 atom stereocenters. The molecule has 0 radical (unpaired) electrons. The minimum Gasteiger partial charge on any atom is -0.379 e. The lowest BCUT2D eigenvalue weighted by Gasteiger charge is -2.43. The Labute approximate surface area is 155 Å². The number of carbonyl (C=O) groups is 1. The summed E-state index contributed by atoms with van der Waals surface area (Å²) < 4.78 is 5.95. The summed E-state index contributed by atoms with van der Waals surface area (Å²) in [6.07, 6.45) is 11.5. The van der Waals surface area contributed by atoms with E-state index in [4.69, 9.17) is 4.74 Å². The van der Waals surface area contributed by atoms with Crippen LogP contribution in [-0.4, -0.2) is 60.2 Å². The molecule has 1 aromatic heterocycles. The highest BCUT2D eigenvalue weighted by atomic mass is 16.5. The van der Waals surface area contributed by atoms with E-state index in [-0.39, 0.29) is 11.3 Å². The van der Waals surface area contributed by atoms with Gasteiger partial charge in [-0.1, -0.05) is 19.3 Å². The van der Waals surface area contributed by atoms with Crippen molar-refractivity contribution in [3.05, 3.63) is 18.5 Å². The molecule has 6 heteroatoms. The summed E-state index contributed by atoms with van der Waals surface area (Å²) in [6.45, 7) is 4.97. The van der Waals surface area contributed by atoms with Gasteiger partial charge < -0.3 is 14.5 Å². The van der Waals surface area contributed by atoms with E-state index in [1.165, 1.54) is 19.3 Å². The first-order chi connectivity index (χ1) is 12.8. The zero-order valence-corrected chi connectivity index (χ0v) is 15.6. The normalized spacial score (nSPS) is 24.5. The van der Waals surface area contributed by atoms with E-state index in [0.29, 0.717) is 12.5 Å². The topological polar surface area (TPSA) is 58.6 Å². The van der Waals surface area contributed by atoms with Crippen LogP contribution in [-0.2, 0) is 9.53 Å². The Hall–Kier alpha value is -1.69. The predicted octanol–water partition coefficient (Wildman–Crippen LogP) is 2.50. The second kappa shape index (κ2) is 7.91. The first-order valence-electron chi connectivity index (χ1n) is 10.1. The average molecular weight is 358 g/mol. The Bertz CT molecular complexity index is 595. The summed E-state index contributed by atoms with van der Waals surface area (Å²) in [4.78, 5) is 26.1. The highest BCUT2D eigenvalue weighted by Crippen LogP contribution is 2.36. The van der Waals surface area contributed by atoms with Crippen LogP contribution in [0.3, 0.4) is 0 Å². The smallest absolute Gasteiger partial charge is 0.225 e. The molecule has 2 aliphatic heterocycles. The van der Waals surface area contributed by atoms with Crippen molar-refractivity contribution in [2.45, 2.75) is 44.9 Å². The van der Waals surface area contributed by atoms with Crippen LogP contribution in [0, 0.1) is 11.3 Å². The monoisotopic (exact) mass is 358 g/mol. The van der Waals surface area contributed by atoms with Crippen molar-refractivity contribution in [1.29, 1.82) is 0 Å². The fraction of sp³-hybridized carbons (Fsp3) is 0.750. The third-order valence-electron chi connectivity index (χ3n) is 6.37. The van der Waals surface area contributed by atoms with Crippen LogP contribution in [0.15, 0.2) is 18.5 Å². The first kappa shape index (κ1) is 17.7. The largest absolute Gasteiger partial charge is 0.379 e. The number of amides is 1. The summed E-state index contributed by atoms with van der Waals surface area (Å²) in [5.41, 5.74) is 0.110. The molecule has 3 fully saturated rings. The molecule has 4 rings (SSSR count). The molecule has 26 heavy (non-hydrogen) atoms. The predicted molar refractivity (Wildman–Crippen MR) is 99.9 cm³/mol. The Morgan fingerprint density at radius 2 is 1.81 bits per heavy atom. The zero-order chi connectivity index (χ0) is 17.8. The lowest BCUT2D eigenvalue weighted by molar-refractivity contribution is -0.139. The molecule has 0 bridgehead atoms. The number of hydrogen-bond acceptors (Lipinski definition) is 5. The van der Waals surface area contributed by atoms with Gasteiger partial charge in [0.2, 0.25) is 11.9 Å². The minimum absolute atomic E-state index is 0.110. The molecule has 3 heterocycles. The molecule has 6 nitrogen and oxygen atoms in total. The molecule has 0 N–H and O–H groups in total. The summed E-state index contributed by atoms with van der Waals surface area (Å²) in [5.74, 6) is 1.47. The molecule has 1 aliphatic carbocycles. The lowest BCUT2D eigenvalue weighted by Crippen LogP contribution is -2.50. The second-order valence-corrected chi connectivity index (χ2v) is 8.18. The summed E-state index contributed by atoms with van der Waals surface area (Å²) in [6, 6.07) is 1.85. The van der Waals surface area contributed by atoms with Crippen LogP contribution in [0.25, 0.3) is 0 Å². The van der Waals surface area contributed by atoms with Gasteiger partial charge in [-0.3, -0.25) is 4.79 Å². The molecule has 1 spiro atoms. The number of anilines is 1. The van der Waals surface area contributed by atoms with Gasteiger partial charge in [-0.15, -0.1) is 0 Å². The van der Waals surface area contributed by atoms with Crippen molar-refractivity contribution in [3.63, 3.8) is 0 Å². The van der Waals surface area contributed by atoms with Gasteiger partial charge in [-0.2, -0.15) is 0 Å². The lowest BCUT2D eigenvalue weighted by atomic mass is 9.78. The first-order valence-corrected chi connectivity index (χ1v) is 10.1. The highest BCUT2D eigenvalue weighted by Gasteiger charge is 2.40. The van der Waals surface area contributed by atoms with Crippen molar-refractivity contribution in [2.24, 2.45) is 11.3 Å². The maximum Gasteiger partial charge on any atom is 0.225 e. The Morgan fingerprint density at radius 3 is 2.54 bits per heavy atom. The molecule has 1 saturated carbocycles. The number of aromatic nitrogens is 2. The van der Waals surface area contributed by atoms with E-state index in [1.54, 1.807) is 12.4 Å². The van der Waals surface area contributed by atoms with E-state index < -0.39 is 0 Å². The third-order valence-corrected chi connectivity index (χ3v) is 6.37. The van der Waals surface area contributed by atoms with Gasteiger partial charge in [0, 0.05) is 49.9 Å². The second-order valence-electron chi connectivity index (χ2n) is 8.18. The summed E-state index contributed by atoms with van der Waals surface area (Å²) >= 11 is 0. The molecular weight excluding hydrogens is 328 g/mol. The number of hydrogen-bond donors (Lipinski definition) is 0. The van der Waals surface area contributed by atoms with E-state index in [1.807, 2.05) is 6.07 Å². The minimum atomic E-state index is 0.110. The SMILES string of the molecule is O=C(C1CCCCC1)N1CCC2(CC1)COCCN(c1ncccn1)C2. The number of nitrogens with zero attached hydrogens (tertiary/aromatic N) is 4. The molecule has 0 unspecified atom stereocenters. The Balaban J connectivity index is 1.39. The van der Waals surface area contributed by atoms with E-state index in [2.05, 4.69) is 19.8 Å². The average Bonchev–Trinajstić information content (AvgIpc) is 2.92. The van der Waals surface area contributed by atoms with Crippen LogP contribution in [0.4, 0.5) is 5.95 Å². The van der Waals surface area contributed by atoms with Crippen LogP contribution < -0.4 is 4.90 Å². The van der Waals surface area contributed by atoms with Crippen LogP contribution >= 0.6 is 0 Å². The van der Waals surface area contributed by atoms with Gasteiger partial charge >= 0.3 is 0 Å². The number of ether oxygens (including phenoxy) is 1. The fourth-order valence-corrected chi connectivity index (χ4v) is 4.73. The quantitative estimate of drug-likeness (QED) is 0.813. The van der Waals surface area contributed by atoms with Gasteiger partial charge in [-0.25, -0.2) is 9.97 Å². The molecule has 1 amide bonds. The molecule has 142 valence electrons. The van der Waals surface area contributed by atoms with Gasteiger partial charge in [0.1, 0.15) is 0 Å². The van der Waals surface area contributed by atoms with E-state index in [0.717, 1.165) is 64.4 Å². The van der Waals surface area contributed by atoms with Crippen molar-refractivity contribution in [1.82, 2.24) is 14.9 Å². The van der Waals surface area contributed by atoms with Crippen molar-refractivity contribution < 1.29 is 9.53 Å². The van der Waals surface area contributed by atoms with Gasteiger partial charge in [0.05, 0.1) is 13.2 Å². The number of piperidine rings is 1. The number of likely N-dealkylation sites (tertiary alicyclic amines) is 1. The number of carbonyl (C=O) groups excluding carboxylic acids is 1. The van der Waals surface area contributed by atoms with Gasteiger partial charge in [0.15, 0.2) is 0 Å². The highest BCUT2D eigenvalue weighted by molar-refractivity contribution is 5.79. The molecule has 3 aliphatic rings. The zero-order valence-electron chi connectivity index (χ0n) is 15.6. The molecule has 0 aromatic carbocycles. The Kier molecular flexibility index (Phi) is 5.38. The number of rotatable bonds is 2. The van der Waals surface area contributed by atoms with Crippen LogP contribution in [0.2, 0.25) is 0 Å². The van der Waals surface area contributed by atoms with E-state index in [9.17, 15) is 4.79 Å². The fourth-order valence-electron chi connectivity index (χ4n) is 4.73. The van der Waals surface area contributed by atoms with Crippen molar-refractivity contribution in [3.8, 4) is 0 Å². The van der Waals surface area contributed by atoms with Crippen molar-refractivity contribution in [2.75, 3.05) is 44.3 Å². The summed E-state index contributed by atoms with van der Waals surface area (Å²) in [5, 5.41) is 0. The van der Waals surface area contributed by atoms with E-state index >= 15 is 0 Å².